The zero-order valence-electron chi connectivity index (χ0n) is 6.61. The van der Waals surface area contributed by atoms with Crippen molar-refractivity contribution < 1.29 is 0 Å². The molecule has 66 valence electrons. The Hall–Kier alpha value is 0. The first-order chi connectivity index (χ1) is 5.84. The van der Waals surface area contributed by atoms with Crippen LogP contribution < -0.4 is 0 Å². The standard InChI is InChI=1S/C7H10BrN3S/c8-6-1-2-11(3-6)4-7-5-12-10-9-7/h5-6H,1-4H2. The van der Waals surface area contributed by atoms with E-state index in [4.69, 9.17) is 0 Å². The number of alkyl halides is 1. The molecule has 0 N–H and O–H groups in total. The Kier molecular flexibility index (Phi) is 2.73. The Balaban J connectivity index is 1.88. The van der Waals surface area contributed by atoms with Crippen molar-refractivity contribution in [3.05, 3.63) is 11.1 Å². The third kappa shape index (κ3) is 2.02. The third-order valence-corrected chi connectivity index (χ3v) is 3.31. The minimum atomic E-state index is 0.670. The molecular formula is C7H10BrN3S. The minimum Gasteiger partial charge on any atom is -0.296 e. The summed E-state index contributed by atoms with van der Waals surface area (Å²) >= 11 is 5.03. The molecule has 1 aliphatic rings. The van der Waals surface area contributed by atoms with Crippen molar-refractivity contribution in [3.8, 4) is 0 Å². The summed E-state index contributed by atoms with van der Waals surface area (Å²) in [7, 11) is 0. The highest BCUT2D eigenvalue weighted by molar-refractivity contribution is 9.09. The molecule has 3 nitrogen and oxygen atoms in total. The number of rotatable bonds is 2. The number of hydrogen-bond acceptors (Lipinski definition) is 4. The SMILES string of the molecule is BrC1CCN(Cc2csnn2)C1. The summed E-state index contributed by atoms with van der Waals surface area (Å²) in [6.45, 7) is 3.27. The van der Waals surface area contributed by atoms with E-state index < -0.39 is 0 Å². The fraction of sp³-hybridized carbons (Fsp3) is 0.714. The van der Waals surface area contributed by atoms with Crippen LogP contribution in [0.5, 0.6) is 0 Å². The molecule has 1 aliphatic heterocycles. The van der Waals surface area contributed by atoms with Crippen LogP contribution in [0, 0.1) is 0 Å². The van der Waals surface area contributed by atoms with Gasteiger partial charge >= 0.3 is 0 Å². The Morgan fingerprint density at radius 1 is 1.75 bits per heavy atom. The first-order valence-electron chi connectivity index (χ1n) is 3.97. The van der Waals surface area contributed by atoms with Crippen LogP contribution in [0.1, 0.15) is 12.1 Å². The van der Waals surface area contributed by atoms with Crippen LogP contribution in [0.4, 0.5) is 0 Å². The zero-order valence-corrected chi connectivity index (χ0v) is 9.01. The summed E-state index contributed by atoms with van der Waals surface area (Å²) in [5.74, 6) is 0. The van der Waals surface area contributed by atoms with E-state index in [2.05, 4.69) is 30.4 Å². The molecule has 1 aromatic heterocycles. The Labute approximate surface area is 84.1 Å². The monoisotopic (exact) mass is 247 g/mol. The Bertz CT molecular complexity index is 239. The van der Waals surface area contributed by atoms with E-state index in [1.807, 2.05) is 5.38 Å². The normalized spacial score (nSPS) is 24.9. The lowest BCUT2D eigenvalue weighted by Gasteiger charge is -2.11. The summed E-state index contributed by atoms with van der Waals surface area (Å²) in [5.41, 5.74) is 1.10. The highest BCUT2D eigenvalue weighted by atomic mass is 79.9. The molecule has 0 spiro atoms. The number of aromatic nitrogens is 2. The Morgan fingerprint density at radius 2 is 2.67 bits per heavy atom. The van der Waals surface area contributed by atoms with Gasteiger partial charge in [0.25, 0.3) is 0 Å². The second kappa shape index (κ2) is 3.81. The van der Waals surface area contributed by atoms with E-state index in [0.29, 0.717) is 4.83 Å². The molecule has 1 fully saturated rings. The van der Waals surface area contributed by atoms with Crippen molar-refractivity contribution >= 4 is 27.5 Å². The number of halogens is 1. The molecule has 1 atom stereocenters. The van der Waals surface area contributed by atoms with Crippen LogP contribution in [0.2, 0.25) is 0 Å². The van der Waals surface area contributed by atoms with Gasteiger partial charge in [0.05, 0.1) is 5.69 Å². The number of nitrogens with zero attached hydrogens (tertiary/aromatic N) is 3. The topological polar surface area (TPSA) is 29.0 Å². The predicted octanol–water partition coefficient (Wildman–Crippen LogP) is 1.51. The molecule has 12 heavy (non-hydrogen) atoms. The second-order valence-electron chi connectivity index (χ2n) is 3.02. The molecule has 1 aromatic rings. The molecule has 1 unspecified atom stereocenters. The number of hydrogen-bond donors (Lipinski definition) is 0. The molecule has 2 heterocycles. The maximum atomic E-state index is 4.02. The van der Waals surface area contributed by atoms with Gasteiger partial charge in [-0.25, -0.2) is 0 Å². The largest absolute Gasteiger partial charge is 0.296 e. The van der Waals surface area contributed by atoms with Crippen LogP contribution in [-0.2, 0) is 6.54 Å². The number of likely N-dealkylation sites (tertiary alicyclic amines) is 1. The predicted molar refractivity (Wildman–Crippen MR) is 52.5 cm³/mol. The van der Waals surface area contributed by atoms with E-state index in [-0.39, 0.29) is 0 Å². The fourth-order valence-electron chi connectivity index (χ4n) is 1.41. The summed E-state index contributed by atoms with van der Waals surface area (Å²) in [4.78, 5) is 3.07. The van der Waals surface area contributed by atoms with Crippen LogP contribution in [-0.4, -0.2) is 32.4 Å². The van der Waals surface area contributed by atoms with Crippen LogP contribution >= 0.6 is 27.5 Å². The van der Waals surface area contributed by atoms with E-state index >= 15 is 0 Å². The molecule has 0 saturated carbocycles. The van der Waals surface area contributed by atoms with Crippen molar-refractivity contribution in [1.82, 2.24) is 14.5 Å². The Morgan fingerprint density at radius 3 is 3.25 bits per heavy atom. The lowest BCUT2D eigenvalue weighted by Crippen LogP contribution is -2.20. The molecule has 2 rings (SSSR count). The van der Waals surface area contributed by atoms with E-state index in [9.17, 15) is 0 Å². The van der Waals surface area contributed by atoms with Gasteiger partial charge in [-0.1, -0.05) is 20.4 Å². The quantitative estimate of drug-likeness (QED) is 0.743. The summed E-state index contributed by atoms with van der Waals surface area (Å²) in [6, 6.07) is 0. The molecule has 0 bridgehead atoms. The maximum absolute atomic E-state index is 4.02. The van der Waals surface area contributed by atoms with Crippen molar-refractivity contribution in [2.24, 2.45) is 0 Å². The van der Waals surface area contributed by atoms with E-state index in [0.717, 1.165) is 18.8 Å². The first-order valence-corrected chi connectivity index (χ1v) is 5.72. The lowest BCUT2D eigenvalue weighted by atomic mass is 10.4. The molecule has 5 heteroatoms. The average Bonchev–Trinajstić information content (AvgIpc) is 2.63. The second-order valence-corrected chi connectivity index (χ2v) is 4.92. The van der Waals surface area contributed by atoms with Gasteiger partial charge in [0.15, 0.2) is 0 Å². The van der Waals surface area contributed by atoms with Gasteiger partial charge in [-0.15, -0.1) is 5.10 Å². The highest BCUT2D eigenvalue weighted by Gasteiger charge is 2.20. The van der Waals surface area contributed by atoms with E-state index in [1.54, 1.807) is 0 Å². The molecule has 0 aliphatic carbocycles. The van der Waals surface area contributed by atoms with Gasteiger partial charge in [0, 0.05) is 23.3 Å². The molecular weight excluding hydrogens is 238 g/mol. The van der Waals surface area contributed by atoms with Crippen LogP contribution in [0.15, 0.2) is 5.38 Å². The lowest BCUT2D eigenvalue weighted by molar-refractivity contribution is 0.328. The van der Waals surface area contributed by atoms with Gasteiger partial charge in [0.2, 0.25) is 0 Å². The third-order valence-electron chi connectivity index (χ3n) is 2.01. The van der Waals surface area contributed by atoms with Crippen molar-refractivity contribution in [2.75, 3.05) is 13.1 Å². The first kappa shape index (κ1) is 8.59. The molecule has 1 saturated heterocycles. The summed E-state index contributed by atoms with van der Waals surface area (Å²) in [5, 5.41) is 6.03. The van der Waals surface area contributed by atoms with Crippen molar-refractivity contribution in [3.63, 3.8) is 0 Å². The molecule has 0 radical (unpaired) electrons. The molecule has 0 amide bonds. The van der Waals surface area contributed by atoms with Crippen molar-refractivity contribution in [2.45, 2.75) is 17.8 Å². The van der Waals surface area contributed by atoms with Gasteiger partial charge in [-0.2, -0.15) is 0 Å². The van der Waals surface area contributed by atoms with Gasteiger partial charge in [-0.3, -0.25) is 4.90 Å². The fourth-order valence-corrected chi connectivity index (χ4v) is 2.47. The summed E-state index contributed by atoms with van der Waals surface area (Å²) < 4.78 is 3.84. The van der Waals surface area contributed by atoms with E-state index in [1.165, 1.54) is 24.5 Å². The maximum Gasteiger partial charge on any atom is 0.0895 e. The van der Waals surface area contributed by atoms with Crippen LogP contribution in [0.25, 0.3) is 0 Å². The summed E-state index contributed by atoms with van der Waals surface area (Å²) in [6.07, 6.45) is 1.25. The minimum absolute atomic E-state index is 0.670. The average molecular weight is 248 g/mol. The van der Waals surface area contributed by atoms with Crippen LogP contribution in [0.3, 0.4) is 0 Å². The van der Waals surface area contributed by atoms with Gasteiger partial charge in [0.1, 0.15) is 0 Å². The molecule has 0 aromatic carbocycles. The van der Waals surface area contributed by atoms with Crippen molar-refractivity contribution in [1.29, 1.82) is 0 Å². The van der Waals surface area contributed by atoms with Gasteiger partial charge in [-0.05, 0) is 24.5 Å². The van der Waals surface area contributed by atoms with Gasteiger partial charge < -0.3 is 0 Å². The highest BCUT2D eigenvalue weighted by Crippen LogP contribution is 2.18. The zero-order chi connectivity index (χ0) is 8.39. The smallest absolute Gasteiger partial charge is 0.0895 e.